The molecule has 0 saturated heterocycles. The molecule has 9 heteroatoms. The van der Waals surface area contributed by atoms with Gasteiger partial charge in [-0.1, -0.05) is 0 Å². The Balaban J connectivity index is 3.94. The number of nitrogens with one attached hydrogen (secondary N) is 2. The first-order chi connectivity index (χ1) is 13.6. The molecule has 0 aliphatic carbocycles. The Labute approximate surface area is 187 Å². The molecule has 0 radical (unpaired) electrons. The number of ether oxygens (including phenoxy) is 3. The Morgan fingerprint density at radius 1 is 0.967 bits per heavy atom. The molecular formula is C21H43N3O5S. The first-order valence-electron chi connectivity index (χ1n) is 10.5. The topological polar surface area (TPSA) is 112 Å². The highest BCUT2D eigenvalue weighted by Crippen LogP contribution is 2.22. The number of carbonyl (C=O) groups excluding carboxylic acids is 2. The lowest BCUT2D eigenvalue weighted by Crippen LogP contribution is -2.40. The first-order valence-corrected chi connectivity index (χ1v) is 11.0. The van der Waals surface area contributed by atoms with Crippen LogP contribution < -0.4 is 16.4 Å². The van der Waals surface area contributed by atoms with Crippen molar-refractivity contribution in [1.29, 1.82) is 0 Å². The Kier molecular flexibility index (Phi) is 13.3. The van der Waals surface area contributed by atoms with Gasteiger partial charge >= 0.3 is 0 Å². The molecule has 0 rings (SSSR count). The summed E-state index contributed by atoms with van der Waals surface area (Å²) in [7, 11) is 0. The quantitative estimate of drug-likeness (QED) is 0.161. The molecule has 0 spiro atoms. The normalized spacial score (nSPS) is 15.5. The predicted octanol–water partition coefficient (Wildman–Crippen LogP) is 1.66. The second-order valence-corrected chi connectivity index (χ2v) is 10.4. The maximum Gasteiger partial charge on any atom is 0.246 e. The van der Waals surface area contributed by atoms with Crippen LogP contribution in [-0.2, 0) is 23.8 Å². The van der Waals surface area contributed by atoms with E-state index < -0.39 is 11.0 Å². The molecule has 0 fully saturated rings. The Morgan fingerprint density at radius 2 is 1.60 bits per heavy atom. The highest BCUT2D eigenvalue weighted by molar-refractivity contribution is 7.81. The molecule has 0 aliphatic heterocycles. The van der Waals surface area contributed by atoms with E-state index in [-0.39, 0.29) is 36.0 Å². The monoisotopic (exact) mass is 449 g/mol. The zero-order valence-electron chi connectivity index (χ0n) is 19.8. The molecule has 0 aromatic rings. The van der Waals surface area contributed by atoms with Gasteiger partial charge in [0, 0.05) is 18.5 Å². The van der Waals surface area contributed by atoms with Gasteiger partial charge in [-0.25, -0.2) is 0 Å². The Morgan fingerprint density at radius 3 is 2.17 bits per heavy atom. The van der Waals surface area contributed by atoms with Crippen molar-refractivity contribution in [2.45, 2.75) is 83.4 Å². The fourth-order valence-electron chi connectivity index (χ4n) is 2.29. The van der Waals surface area contributed by atoms with Crippen LogP contribution in [0.1, 0.15) is 61.3 Å². The molecule has 0 aromatic heterocycles. The molecular weight excluding hydrogens is 406 g/mol. The minimum atomic E-state index is -0.662. The van der Waals surface area contributed by atoms with Crippen LogP contribution in [0.3, 0.4) is 0 Å². The summed E-state index contributed by atoms with van der Waals surface area (Å²) < 4.78 is 16.8. The molecule has 2 atom stereocenters. The van der Waals surface area contributed by atoms with Crippen LogP contribution in [0, 0.1) is 0 Å². The molecule has 2 unspecified atom stereocenters. The molecule has 8 nitrogen and oxygen atoms in total. The maximum absolute atomic E-state index is 11.7. The van der Waals surface area contributed by atoms with Gasteiger partial charge in [-0.05, 0) is 61.4 Å². The van der Waals surface area contributed by atoms with E-state index in [0.717, 1.165) is 13.0 Å². The third kappa shape index (κ3) is 17.0. The van der Waals surface area contributed by atoms with Crippen LogP contribution in [-0.4, -0.2) is 73.3 Å². The van der Waals surface area contributed by atoms with E-state index in [1.807, 2.05) is 6.92 Å². The van der Waals surface area contributed by atoms with Crippen molar-refractivity contribution in [3.8, 4) is 0 Å². The molecule has 4 N–H and O–H groups in total. The van der Waals surface area contributed by atoms with Crippen molar-refractivity contribution >= 4 is 24.3 Å². The summed E-state index contributed by atoms with van der Waals surface area (Å²) in [6.45, 7) is 15.7. The van der Waals surface area contributed by atoms with E-state index >= 15 is 0 Å². The van der Waals surface area contributed by atoms with E-state index in [2.05, 4.69) is 57.9 Å². The zero-order valence-corrected chi connectivity index (χ0v) is 20.7. The van der Waals surface area contributed by atoms with E-state index in [9.17, 15) is 9.59 Å². The Bertz CT molecular complexity index is 519. The molecule has 0 bridgehead atoms. The summed E-state index contributed by atoms with van der Waals surface area (Å²) in [5.41, 5.74) is 5.28. The lowest BCUT2D eigenvalue weighted by molar-refractivity contribution is -0.130. The number of hydrogen-bond donors (Lipinski definition) is 4. The number of carbonyl (C=O) groups is 2. The van der Waals surface area contributed by atoms with Crippen molar-refractivity contribution in [2.75, 3.05) is 39.5 Å². The van der Waals surface area contributed by atoms with E-state index in [4.69, 9.17) is 19.9 Å². The molecule has 0 aliphatic rings. The van der Waals surface area contributed by atoms with Crippen LogP contribution in [0.15, 0.2) is 0 Å². The molecule has 30 heavy (non-hydrogen) atoms. The first kappa shape index (κ1) is 29.3. The largest absolute Gasteiger partial charge is 0.375 e. The van der Waals surface area contributed by atoms with Crippen molar-refractivity contribution in [3.05, 3.63) is 0 Å². The van der Waals surface area contributed by atoms with Crippen molar-refractivity contribution < 1.29 is 23.8 Å². The van der Waals surface area contributed by atoms with Gasteiger partial charge in [-0.15, -0.1) is 12.6 Å². The number of nitrogens with two attached hydrogens (primary N) is 1. The third-order valence-electron chi connectivity index (χ3n) is 4.26. The smallest absolute Gasteiger partial charge is 0.246 e. The van der Waals surface area contributed by atoms with Gasteiger partial charge in [0.1, 0.15) is 18.1 Å². The fraction of sp³-hybridized carbons (Fsp3) is 0.905. The van der Waals surface area contributed by atoms with Crippen LogP contribution in [0.2, 0.25) is 0 Å². The number of hydrogen-bond acceptors (Lipinski definition) is 8. The SMILES string of the molecule is CC(N)C(=O)COCC(=O)NCCOC(C)(S)CCOC(C)(C)CCNC(C)(C)C. The third-order valence-corrected chi connectivity index (χ3v) is 4.62. The summed E-state index contributed by atoms with van der Waals surface area (Å²) in [5.74, 6) is -0.557. The summed E-state index contributed by atoms with van der Waals surface area (Å²) in [6.07, 6.45) is 1.51. The summed E-state index contributed by atoms with van der Waals surface area (Å²) in [5, 5.41) is 6.14. The van der Waals surface area contributed by atoms with Gasteiger partial charge in [-0.3, -0.25) is 9.59 Å². The minimum absolute atomic E-state index is 0.0929. The van der Waals surface area contributed by atoms with Gasteiger partial charge in [0.25, 0.3) is 0 Å². The highest BCUT2D eigenvalue weighted by Gasteiger charge is 2.24. The molecule has 0 heterocycles. The molecule has 1 amide bonds. The van der Waals surface area contributed by atoms with Gasteiger partial charge in [0.15, 0.2) is 5.78 Å². The minimum Gasteiger partial charge on any atom is -0.375 e. The summed E-state index contributed by atoms with van der Waals surface area (Å²) >= 11 is 4.55. The van der Waals surface area contributed by atoms with Crippen LogP contribution in [0.5, 0.6) is 0 Å². The van der Waals surface area contributed by atoms with Crippen molar-refractivity contribution in [3.63, 3.8) is 0 Å². The molecule has 178 valence electrons. The number of rotatable bonds is 16. The van der Waals surface area contributed by atoms with Gasteiger partial charge < -0.3 is 30.6 Å². The summed E-state index contributed by atoms with van der Waals surface area (Å²) in [6, 6.07) is -0.593. The standard InChI is InChI=1S/C21H43N3O5S/c1-16(22)17(25)14-27-15-18(26)23-11-13-29-21(7,30)9-12-28-20(5,6)8-10-24-19(2,3)4/h16,24,30H,8-15,22H2,1-7H3,(H,23,26). The van der Waals surface area contributed by atoms with E-state index in [0.29, 0.717) is 26.2 Å². The number of amides is 1. The van der Waals surface area contributed by atoms with Crippen LogP contribution in [0.25, 0.3) is 0 Å². The lowest BCUT2D eigenvalue weighted by Gasteiger charge is -2.30. The summed E-state index contributed by atoms with van der Waals surface area (Å²) in [4.78, 5) is 22.3. The fourth-order valence-corrected chi connectivity index (χ4v) is 2.47. The average molecular weight is 450 g/mol. The van der Waals surface area contributed by atoms with Crippen molar-refractivity contribution in [2.24, 2.45) is 5.73 Å². The van der Waals surface area contributed by atoms with Crippen LogP contribution in [0.4, 0.5) is 0 Å². The number of thiol groups is 1. The van der Waals surface area contributed by atoms with Gasteiger partial charge in [-0.2, -0.15) is 0 Å². The van der Waals surface area contributed by atoms with Gasteiger partial charge in [0.2, 0.25) is 5.91 Å². The average Bonchev–Trinajstić information content (AvgIpc) is 2.56. The second kappa shape index (κ2) is 13.6. The zero-order chi connectivity index (χ0) is 23.4. The second-order valence-electron chi connectivity index (χ2n) is 9.41. The highest BCUT2D eigenvalue weighted by atomic mass is 32.1. The Hall–Kier alpha value is -0.710. The van der Waals surface area contributed by atoms with E-state index in [1.165, 1.54) is 0 Å². The lowest BCUT2D eigenvalue weighted by atomic mass is 10.0. The van der Waals surface area contributed by atoms with Gasteiger partial charge in [0.05, 0.1) is 24.9 Å². The molecule has 0 aromatic carbocycles. The predicted molar refractivity (Wildman–Crippen MR) is 123 cm³/mol. The van der Waals surface area contributed by atoms with Crippen LogP contribution >= 0.6 is 12.6 Å². The molecule has 0 saturated carbocycles. The maximum atomic E-state index is 11.7. The van der Waals surface area contributed by atoms with Crippen molar-refractivity contribution in [1.82, 2.24) is 10.6 Å². The van der Waals surface area contributed by atoms with E-state index in [1.54, 1.807) is 6.92 Å². The number of Topliss-reactive ketones (excluding diaryl/α,β-unsaturated/α-hetero) is 1. The number of ketones is 1.